The van der Waals surface area contributed by atoms with Gasteiger partial charge in [-0.2, -0.15) is 4.98 Å². The molecule has 110 valence electrons. The van der Waals surface area contributed by atoms with Crippen LogP contribution in [-0.2, 0) is 12.8 Å². The molecule has 5 heteroatoms. The van der Waals surface area contributed by atoms with E-state index < -0.39 is 0 Å². The molecule has 0 fully saturated rings. The van der Waals surface area contributed by atoms with E-state index in [1.165, 1.54) is 5.56 Å². The molecule has 0 bridgehead atoms. The maximum absolute atomic E-state index is 5.87. The van der Waals surface area contributed by atoms with E-state index in [1.54, 1.807) is 7.11 Å². The monoisotopic (exact) mass is 284 g/mol. The quantitative estimate of drug-likeness (QED) is 0.938. The van der Waals surface area contributed by atoms with Gasteiger partial charge >= 0.3 is 0 Å². The summed E-state index contributed by atoms with van der Waals surface area (Å²) in [7, 11) is 3.67. The van der Waals surface area contributed by atoms with Gasteiger partial charge in [-0.1, -0.05) is 6.92 Å². The van der Waals surface area contributed by atoms with Crippen LogP contribution < -0.4 is 15.4 Å². The predicted molar refractivity (Wildman–Crippen MR) is 84.1 cm³/mol. The lowest BCUT2D eigenvalue weighted by molar-refractivity contribution is 0.415. The lowest BCUT2D eigenvalue weighted by Gasteiger charge is -2.21. The van der Waals surface area contributed by atoms with Crippen molar-refractivity contribution in [2.24, 2.45) is 5.92 Å². The number of fused-ring (bicyclic) bond motifs is 1. The lowest BCUT2D eigenvalue weighted by atomic mass is 10.1. The maximum Gasteiger partial charge on any atom is 0.222 e. The van der Waals surface area contributed by atoms with Crippen LogP contribution in [0.4, 0.5) is 17.5 Å². The molecule has 1 aliphatic carbocycles. The summed E-state index contributed by atoms with van der Waals surface area (Å²) in [5.41, 5.74) is 9.23. The Morgan fingerprint density at radius 3 is 2.57 bits per heavy atom. The Hall–Kier alpha value is -2.30. The van der Waals surface area contributed by atoms with Crippen molar-refractivity contribution in [2.45, 2.75) is 19.8 Å². The molecule has 0 amide bonds. The molecule has 2 aromatic rings. The maximum atomic E-state index is 5.87. The van der Waals surface area contributed by atoms with E-state index in [-0.39, 0.29) is 0 Å². The van der Waals surface area contributed by atoms with Gasteiger partial charge in [-0.15, -0.1) is 0 Å². The number of nitrogens with two attached hydrogens (primary N) is 1. The number of hydrogen-bond donors (Lipinski definition) is 1. The summed E-state index contributed by atoms with van der Waals surface area (Å²) in [6.07, 6.45) is 1.98. The molecule has 0 saturated carbocycles. The van der Waals surface area contributed by atoms with Gasteiger partial charge < -0.3 is 15.4 Å². The molecule has 1 aliphatic rings. The minimum Gasteiger partial charge on any atom is -0.497 e. The third-order valence-corrected chi connectivity index (χ3v) is 3.96. The molecular formula is C16H20N4O. The van der Waals surface area contributed by atoms with Crippen molar-refractivity contribution in [3.8, 4) is 5.75 Å². The molecule has 0 aliphatic heterocycles. The number of ether oxygens (including phenoxy) is 1. The van der Waals surface area contributed by atoms with Gasteiger partial charge in [0, 0.05) is 18.3 Å². The van der Waals surface area contributed by atoms with Gasteiger partial charge in [-0.3, -0.25) is 0 Å². The highest BCUT2D eigenvalue weighted by Gasteiger charge is 2.25. The Morgan fingerprint density at radius 2 is 1.90 bits per heavy atom. The second kappa shape index (κ2) is 5.24. The number of aromatic nitrogens is 2. The normalized spacial score (nSPS) is 16.6. The fourth-order valence-corrected chi connectivity index (χ4v) is 2.87. The van der Waals surface area contributed by atoms with Crippen molar-refractivity contribution in [3.63, 3.8) is 0 Å². The summed E-state index contributed by atoms with van der Waals surface area (Å²) in [6, 6.07) is 7.92. The first-order valence-electron chi connectivity index (χ1n) is 7.11. The van der Waals surface area contributed by atoms with E-state index in [2.05, 4.69) is 21.8 Å². The van der Waals surface area contributed by atoms with Gasteiger partial charge in [0.2, 0.25) is 5.95 Å². The molecule has 5 nitrogen and oxygen atoms in total. The average Bonchev–Trinajstić information content (AvgIpc) is 2.85. The van der Waals surface area contributed by atoms with Crippen LogP contribution in [0, 0.1) is 5.92 Å². The van der Waals surface area contributed by atoms with Crippen molar-refractivity contribution in [1.82, 2.24) is 9.97 Å². The molecule has 21 heavy (non-hydrogen) atoms. The number of methoxy groups -OCH3 is 1. The summed E-state index contributed by atoms with van der Waals surface area (Å²) < 4.78 is 5.20. The van der Waals surface area contributed by atoms with Crippen LogP contribution in [0.25, 0.3) is 0 Å². The predicted octanol–water partition coefficient (Wildman–Crippen LogP) is 2.57. The van der Waals surface area contributed by atoms with Gasteiger partial charge in [0.05, 0.1) is 12.8 Å². The minimum atomic E-state index is 0.346. The first kappa shape index (κ1) is 13.7. The summed E-state index contributed by atoms with van der Waals surface area (Å²) in [4.78, 5) is 10.9. The van der Waals surface area contributed by atoms with Crippen molar-refractivity contribution >= 4 is 17.5 Å². The molecule has 1 unspecified atom stereocenters. The molecule has 1 atom stereocenters. The number of hydrogen-bond acceptors (Lipinski definition) is 5. The molecule has 1 aromatic heterocycles. The average molecular weight is 284 g/mol. The van der Waals surface area contributed by atoms with E-state index in [4.69, 9.17) is 10.5 Å². The Bertz CT molecular complexity index is 654. The topological polar surface area (TPSA) is 64.3 Å². The van der Waals surface area contributed by atoms with Crippen molar-refractivity contribution in [3.05, 3.63) is 35.5 Å². The Kier molecular flexibility index (Phi) is 3.41. The third kappa shape index (κ3) is 2.51. The van der Waals surface area contributed by atoms with Crippen molar-refractivity contribution in [2.75, 3.05) is 24.8 Å². The van der Waals surface area contributed by atoms with E-state index in [1.807, 2.05) is 31.3 Å². The minimum absolute atomic E-state index is 0.346. The van der Waals surface area contributed by atoms with Crippen molar-refractivity contribution in [1.29, 1.82) is 0 Å². The van der Waals surface area contributed by atoms with E-state index in [0.29, 0.717) is 11.9 Å². The molecule has 1 aromatic carbocycles. The number of anilines is 3. The summed E-state index contributed by atoms with van der Waals surface area (Å²) in [6.45, 7) is 2.23. The second-order valence-corrected chi connectivity index (χ2v) is 5.60. The largest absolute Gasteiger partial charge is 0.497 e. The van der Waals surface area contributed by atoms with E-state index in [9.17, 15) is 0 Å². The van der Waals surface area contributed by atoms with Crippen molar-refractivity contribution < 1.29 is 4.74 Å². The summed E-state index contributed by atoms with van der Waals surface area (Å²) >= 11 is 0. The van der Waals surface area contributed by atoms with Gasteiger partial charge in [0.1, 0.15) is 11.6 Å². The zero-order chi connectivity index (χ0) is 15.0. The van der Waals surface area contributed by atoms with E-state index >= 15 is 0 Å². The smallest absolute Gasteiger partial charge is 0.222 e. The van der Waals surface area contributed by atoms with E-state index in [0.717, 1.165) is 35.8 Å². The van der Waals surface area contributed by atoms with Crippen LogP contribution in [0.2, 0.25) is 0 Å². The molecule has 0 spiro atoms. The van der Waals surface area contributed by atoms with Crippen LogP contribution in [-0.4, -0.2) is 24.1 Å². The summed E-state index contributed by atoms with van der Waals surface area (Å²) in [5.74, 6) is 2.69. The van der Waals surface area contributed by atoms with Gasteiger partial charge in [-0.05, 0) is 43.0 Å². The van der Waals surface area contributed by atoms with Gasteiger partial charge in [0.15, 0.2) is 0 Å². The van der Waals surface area contributed by atoms with Crippen LogP contribution in [0.3, 0.4) is 0 Å². The highest BCUT2D eigenvalue weighted by molar-refractivity contribution is 5.65. The molecule has 0 saturated heterocycles. The van der Waals surface area contributed by atoms with Crippen LogP contribution in [0.1, 0.15) is 18.2 Å². The SMILES string of the molecule is COc1ccc(N(C)c2nc(N)nc3c2CC(C)C3)cc1. The number of benzene rings is 1. The molecule has 3 rings (SSSR count). The van der Waals surface area contributed by atoms with Gasteiger partial charge in [0.25, 0.3) is 0 Å². The van der Waals surface area contributed by atoms with Crippen LogP contribution in [0.15, 0.2) is 24.3 Å². The van der Waals surface area contributed by atoms with Crippen LogP contribution >= 0.6 is 0 Å². The first-order chi connectivity index (χ1) is 10.1. The Morgan fingerprint density at radius 1 is 1.19 bits per heavy atom. The Labute approximate surface area is 124 Å². The standard InChI is InChI=1S/C16H20N4O/c1-10-8-13-14(9-10)18-16(17)19-15(13)20(2)11-4-6-12(21-3)7-5-11/h4-7,10H,8-9H2,1-3H3,(H2,17,18,19). The fraction of sp³-hybridized carbons (Fsp3) is 0.375. The molecule has 1 heterocycles. The fourth-order valence-electron chi connectivity index (χ4n) is 2.87. The highest BCUT2D eigenvalue weighted by atomic mass is 16.5. The Balaban J connectivity index is 1.99. The number of nitrogens with zero attached hydrogens (tertiary/aromatic N) is 3. The second-order valence-electron chi connectivity index (χ2n) is 5.60. The first-order valence-corrected chi connectivity index (χ1v) is 7.11. The zero-order valence-corrected chi connectivity index (χ0v) is 12.6. The summed E-state index contributed by atoms with van der Waals surface area (Å²) in [5, 5.41) is 0. The number of nitrogen functional groups attached to an aromatic ring is 1. The lowest BCUT2D eigenvalue weighted by Crippen LogP contribution is -2.15. The number of rotatable bonds is 3. The zero-order valence-electron chi connectivity index (χ0n) is 12.6. The molecular weight excluding hydrogens is 264 g/mol. The van der Waals surface area contributed by atoms with Gasteiger partial charge in [-0.25, -0.2) is 4.98 Å². The highest BCUT2D eigenvalue weighted by Crippen LogP contribution is 2.35. The molecule has 2 N–H and O–H groups in total. The van der Waals surface area contributed by atoms with Crippen LogP contribution in [0.5, 0.6) is 5.75 Å². The third-order valence-electron chi connectivity index (χ3n) is 3.96. The molecule has 0 radical (unpaired) electrons.